The number of hydrogen-bond acceptors (Lipinski definition) is 3. The van der Waals surface area contributed by atoms with E-state index in [4.69, 9.17) is 4.74 Å². The second kappa shape index (κ2) is 9.27. The molecule has 0 atom stereocenters. The largest absolute Gasteiger partial charge is 0.483 e. The van der Waals surface area contributed by atoms with Crippen LogP contribution in [0.3, 0.4) is 0 Å². The molecule has 152 valence electrons. The molecule has 1 fully saturated rings. The van der Waals surface area contributed by atoms with Crippen molar-refractivity contribution in [3.05, 3.63) is 96.1 Å². The zero-order valence-corrected chi connectivity index (χ0v) is 16.7. The molecule has 3 aromatic rings. The predicted molar refractivity (Wildman–Crippen MR) is 116 cm³/mol. The van der Waals surface area contributed by atoms with Gasteiger partial charge in [0.2, 0.25) is 0 Å². The number of ether oxygens (including phenoxy) is 1. The van der Waals surface area contributed by atoms with Crippen LogP contribution >= 0.6 is 0 Å². The van der Waals surface area contributed by atoms with Crippen LogP contribution in [0.25, 0.3) is 0 Å². The van der Waals surface area contributed by atoms with E-state index in [0.717, 1.165) is 18.4 Å². The number of carbonyl (C=O) groups is 2. The molecule has 4 rings (SSSR count). The number of anilines is 1. The molecule has 30 heavy (non-hydrogen) atoms. The molecule has 1 saturated carbocycles. The van der Waals surface area contributed by atoms with Gasteiger partial charge >= 0.3 is 0 Å². The lowest BCUT2D eigenvalue weighted by Gasteiger charge is -2.23. The van der Waals surface area contributed by atoms with E-state index in [1.54, 1.807) is 24.3 Å². The minimum atomic E-state index is -0.271. The van der Waals surface area contributed by atoms with Crippen molar-refractivity contribution in [1.82, 2.24) is 4.90 Å². The lowest BCUT2D eigenvalue weighted by molar-refractivity contribution is -0.134. The standard InChI is InChI=1S/C25H24N2O3/c28-24(27(21-15-16-21)17-19-9-3-1-4-10-19)18-30-23-14-8-7-13-22(23)25(29)26-20-11-5-2-6-12-20/h1-14,21H,15-18H2,(H,26,29). The van der Waals surface area contributed by atoms with Gasteiger partial charge in [0.1, 0.15) is 5.75 Å². The van der Waals surface area contributed by atoms with Crippen LogP contribution in [-0.2, 0) is 11.3 Å². The molecular formula is C25H24N2O3. The highest BCUT2D eigenvalue weighted by molar-refractivity contribution is 6.06. The Morgan fingerprint density at radius 2 is 1.50 bits per heavy atom. The Bertz CT molecular complexity index is 1000. The Morgan fingerprint density at radius 1 is 0.867 bits per heavy atom. The zero-order chi connectivity index (χ0) is 20.8. The summed E-state index contributed by atoms with van der Waals surface area (Å²) in [5.74, 6) is 0.0574. The molecule has 5 heteroatoms. The molecule has 1 N–H and O–H groups in total. The third kappa shape index (κ3) is 5.06. The van der Waals surface area contributed by atoms with Crippen LogP contribution in [0.4, 0.5) is 5.69 Å². The van der Waals surface area contributed by atoms with Crippen molar-refractivity contribution in [2.24, 2.45) is 0 Å². The molecule has 5 nitrogen and oxygen atoms in total. The van der Waals surface area contributed by atoms with Gasteiger partial charge < -0.3 is 15.0 Å². The van der Waals surface area contributed by atoms with Gasteiger partial charge in [0.05, 0.1) is 5.56 Å². The van der Waals surface area contributed by atoms with Crippen LogP contribution in [0.1, 0.15) is 28.8 Å². The molecule has 0 saturated heterocycles. The monoisotopic (exact) mass is 400 g/mol. The fraction of sp³-hybridized carbons (Fsp3) is 0.200. The Morgan fingerprint density at radius 3 is 2.20 bits per heavy atom. The second-order valence-electron chi connectivity index (χ2n) is 7.34. The number of rotatable bonds is 8. The fourth-order valence-corrected chi connectivity index (χ4v) is 3.31. The second-order valence-corrected chi connectivity index (χ2v) is 7.34. The highest BCUT2D eigenvalue weighted by atomic mass is 16.5. The number of benzene rings is 3. The highest BCUT2D eigenvalue weighted by Gasteiger charge is 2.32. The molecule has 0 heterocycles. The van der Waals surface area contributed by atoms with Crippen molar-refractivity contribution >= 4 is 17.5 Å². The van der Waals surface area contributed by atoms with Crippen molar-refractivity contribution < 1.29 is 14.3 Å². The summed E-state index contributed by atoms with van der Waals surface area (Å²) in [6, 6.07) is 26.5. The first-order valence-electron chi connectivity index (χ1n) is 10.1. The van der Waals surface area contributed by atoms with Gasteiger partial charge in [-0.2, -0.15) is 0 Å². The molecule has 1 aliphatic rings. The number of nitrogens with one attached hydrogen (secondary N) is 1. The molecular weight excluding hydrogens is 376 g/mol. The van der Waals surface area contributed by atoms with E-state index < -0.39 is 0 Å². The number of amides is 2. The normalized spacial score (nSPS) is 12.8. The minimum Gasteiger partial charge on any atom is -0.483 e. The molecule has 0 radical (unpaired) electrons. The fourth-order valence-electron chi connectivity index (χ4n) is 3.31. The van der Waals surface area contributed by atoms with Gasteiger partial charge in [-0.05, 0) is 42.7 Å². The molecule has 0 bridgehead atoms. The number of para-hydroxylation sites is 2. The van der Waals surface area contributed by atoms with Gasteiger partial charge in [0.25, 0.3) is 11.8 Å². The van der Waals surface area contributed by atoms with Crippen molar-refractivity contribution in [3.63, 3.8) is 0 Å². The van der Waals surface area contributed by atoms with Gasteiger partial charge in [0.15, 0.2) is 6.61 Å². The van der Waals surface area contributed by atoms with Gasteiger partial charge in [-0.25, -0.2) is 0 Å². The van der Waals surface area contributed by atoms with Crippen LogP contribution in [-0.4, -0.2) is 29.4 Å². The van der Waals surface area contributed by atoms with Crippen LogP contribution in [0.15, 0.2) is 84.9 Å². The van der Waals surface area contributed by atoms with Crippen LogP contribution < -0.4 is 10.1 Å². The number of hydrogen-bond donors (Lipinski definition) is 1. The third-order valence-electron chi connectivity index (χ3n) is 5.02. The lowest BCUT2D eigenvalue weighted by Crippen LogP contribution is -2.36. The van der Waals surface area contributed by atoms with E-state index in [-0.39, 0.29) is 24.5 Å². The smallest absolute Gasteiger partial charge is 0.261 e. The molecule has 0 aromatic heterocycles. The summed E-state index contributed by atoms with van der Waals surface area (Å²) in [6.07, 6.45) is 2.04. The molecule has 1 aliphatic carbocycles. The van der Waals surface area contributed by atoms with Crippen LogP contribution in [0, 0.1) is 0 Å². The minimum absolute atomic E-state index is 0.0698. The van der Waals surface area contributed by atoms with Crippen molar-refractivity contribution in [2.75, 3.05) is 11.9 Å². The Balaban J connectivity index is 1.41. The molecule has 0 aliphatic heterocycles. The summed E-state index contributed by atoms with van der Waals surface area (Å²) in [6.45, 7) is 0.475. The van der Waals surface area contributed by atoms with E-state index >= 15 is 0 Å². The maximum atomic E-state index is 12.9. The summed E-state index contributed by atoms with van der Waals surface area (Å²) in [4.78, 5) is 27.4. The maximum Gasteiger partial charge on any atom is 0.261 e. The lowest BCUT2D eigenvalue weighted by atomic mass is 10.2. The summed E-state index contributed by atoms with van der Waals surface area (Å²) < 4.78 is 5.80. The predicted octanol–water partition coefficient (Wildman–Crippen LogP) is 4.51. The Hall–Kier alpha value is -3.60. The average Bonchev–Trinajstić information content (AvgIpc) is 3.63. The summed E-state index contributed by atoms with van der Waals surface area (Å²) in [7, 11) is 0. The Labute approximate surface area is 176 Å². The number of carbonyl (C=O) groups excluding carboxylic acids is 2. The van der Waals surface area contributed by atoms with E-state index in [0.29, 0.717) is 23.5 Å². The third-order valence-corrected chi connectivity index (χ3v) is 5.02. The number of nitrogens with zero attached hydrogens (tertiary/aromatic N) is 1. The molecule has 3 aromatic carbocycles. The highest BCUT2D eigenvalue weighted by Crippen LogP contribution is 2.29. The van der Waals surface area contributed by atoms with Gasteiger partial charge in [-0.1, -0.05) is 60.7 Å². The van der Waals surface area contributed by atoms with Crippen LogP contribution in [0.5, 0.6) is 5.75 Å². The van der Waals surface area contributed by atoms with Crippen LogP contribution in [0.2, 0.25) is 0 Å². The SMILES string of the molecule is O=C(Nc1ccccc1)c1ccccc1OCC(=O)N(Cc1ccccc1)C1CC1. The van der Waals surface area contributed by atoms with Gasteiger partial charge in [0, 0.05) is 18.3 Å². The Kier molecular flexibility index (Phi) is 6.09. The average molecular weight is 400 g/mol. The van der Waals surface area contributed by atoms with Crippen molar-refractivity contribution in [1.29, 1.82) is 0 Å². The first-order valence-corrected chi connectivity index (χ1v) is 10.1. The maximum absolute atomic E-state index is 12.9. The van der Waals surface area contributed by atoms with Gasteiger partial charge in [-0.3, -0.25) is 9.59 Å². The zero-order valence-electron chi connectivity index (χ0n) is 16.7. The van der Waals surface area contributed by atoms with E-state index in [1.807, 2.05) is 65.6 Å². The molecule has 0 spiro atoms. The topological polar surface area (TPSA) is 58.6 Å². The first kappa shape index (κ1) is 19.7. The van der Waals surface area contributed by atoms with Crippen molar-refractivity contribution in [3.8, 4) is 5.75 Å². The molecule has 2 amide bonds. The van der Waals surface area contributed by atoms with E-state index in [1.165, 1.54) is 0 Å². The quantitative estimate of drug-likeness (QED) is 0.605. The molecule has 0 unspecified atom stereocenters. The summed E-state index contributed by atoms with van der Waals surface area (Å²) >= 11 is 0. The summed E-state index contributed by atoms with van der Waals surface area (Å²) in [5, 5.41) is 2.86. The van der Waals surface area contributed by atoms with Crippen molar-refractivity contribution in [2.45, 2.75) is 25.4 Å². The first-order chi connectivity index (χ1) is 14.7. The van der Waals surface area contributed by atoms with Gasteiger partial charge in [-0.15, -0.1) is 0 Å². The van der Waals surface area contributed by atoms with E-state index in [9.17, 15) is 9.59 Å². The summed E-state index contributed by atoms with van der Waals surface area (Å²) in [5.41, 5.74) is 2.20. The van der Waals surface area contributed by atoms with E-state index in [2.05, 4.69) is 5.32 Å².